The van der Waals surface area contributed by atoms with E-state index in [2.05, 4.69) is 0 Å². The SMILES string of the molecule is N=C=O.[HH].[NaH]. The molecule has 0 aromatic rings. The summed E-state index contributed by atoms with van der Waals surface area (Å²) in [5, 5.41) is 5.40. The van der Waals surface area contributed by atoms with Gasteiger partial charge in [-0.3, -0.25) is 0 Å². The van der Waals surface area contributed by atoms with Crippen molar-refractivity contribution >= 4 is 35.6 Å². The summed E-state index contributed by atoms with van der Waals surface area (Å²) >= 11 is 0. The summed E-state index contributed by atoms with van der Waals surface area (Å²) in [6.07, 6.45) is 0.750. The molecule has 0 amide bonds. The van der Waals surface area contributed by atoms with Crippen LogP contribution in [0, 0.1) is 5.41 Å². The van der Waals surface area contributed by atoms with E-state index < -0.39 is 0 Å². The Balaban J connectivity index is -0.0000000200. The number of carbonyl (C=O) groups excluding carboxylic acids is 1. The molecule has 0 heterocycles. The van der Waals surface area contributed by atoms with Gasteiger partial charge in [0.1, 0.15) is 0 Å². The van der Waals surface area contributed by atoms with E-state index in [1.807, 2.05) is 0 Å². The van der Waals surface area contributed by atoms with Crippen molar-refractivity contribution in [2.45, 2.75) is 0 Å². The van der Waals surface area contributed by atoms with Gasteiger partial charge in [-0.2, -0.15) is 0 Å². The Morgan fingerprint density at radius 3 is 2.00 bits per heavy atom. The molecule has 20 valence electrons. The number of hydrogen-bond donors (Lipinski definition) is 1. The monoisotopic (exact) mass is 69.0 g/mol. The summed E-state index contributed by atoms with van der Waals surface area (Å²) in [4.78, 5) is 8.35. The Morgan fingerprint density at radius 2 is 2.00 bits per heavy atom. The van der Waals surface area contributed by atoms with E-state index in [0.717, 1.165) is 6.08 Å². The van der Waals surface area contributed by atoms with Crippen molar-refractivity contribution in [3.8, 4) is 0 Å². The van der Waals surface area contributed by atoms with E-state index in [-0.39, 0.29) is 31.0 Å². The average molecular weight is 69.0 g/mol. The molecule has 0 fully saturated rings. The van der Waals surface area contributed by atoms with Crippen LogP contribution in [-0.2, 0) is 4.79 Å². The minimum absolute atomic E-state index is 0. The zero-order valence-corrected chi connectivity index (χ0v) is 1.41. The van der Waals surface area contributed by atoms with E-state index in [0.29, 0.717) is 0 Å². The molecule has 0 bridgehead atoms. The molecule has 0 saturated carbocycles. The molecule has 0 aliphatic heterocycles. The summed E-state index contributed by atoms with van der Waals surface area (Å²) in [5.41, 5.74) is 0. The summed E-state index contributed by atoms with van der Waals surface area (Å²) in [6, 6.07) is 0. The molecule has 1 N–H and O–H groups in total. The maximum absolute atomic E-state index is 8.35. The van der Waals surface area contributed by atoms with Crippen LogP contribution in [0.25, 0.3) is 0 Å². The van der Waals surface area contributed by atoms with Gasteiger partial charge in [-0.25, -0.2) is 10.2 Å². The van der Waals surface area contributed by atoms with Crippen molar-refractivity contribution < 1.29 is 6.22 Å². The molecule has 0 unspecified atom stereocenters. The first-order valence-electron chi connectivity index (χ1n) is 0.454. The van der Waals surface area contributed by atoms with Gasteiger partial charge in [0.2, 0.25) is 6.08 Å². The van der Waals surface area contributed by atoms with Gasteiger partial charge in [0, 0.05) is 1.43 Å². The third-order valence-corrected chi connectivity index (χ3v) is 0. The first-order valence-corrected chi connectivity index (χ1v) is 0.454. The summed E-state index contributed by atoms with van der Waals surface area (Å²) in [5.74, 6) is 0. The summed E-state index contributed by atoms with van der Waals surface area (Å²) in [6.45, 7) is 0. The van der Waals surface area contributed by atoms with E-state index in [1.54, 1.807) is 0 Å². The zero-order chi connectivity index (χ0) is 2.71. The van der Waals surface area contributed by atoms with Crippen molar-refractivity contribution in [2.24, 2.45) is 0 Å². The quantitative estimate of drug-likeness (QED) is 0.232. The van der Waals surface area contributed by atoms with Gasteiger partial charge >= 0.3 is 29.6 Å². The van der Waals surface area contributed by atoms with Crippen molar-refractivity contribution in [2.75, 3.05) is 0 Å². The Bertz CT molecular complexity index is 32.6. The summed E-state index contributed by atoms with van der Waals surface area (Å²) < 4.78 is 0. The Morgan fingerprint density at radius 1 is 2.00 bits per heavy atom. The second-order valence-corrected chi connectivity index (χ2v) is 0.102. The van der Waals surface area contributed by atoms with Crippen LogP contribution in [0.4, 0.5) is 0 Å². The van der Waals surface area contributed by atoms with Gasteiger partial charge in [-0.05, 0) is 0 Å². The third-order valence-electron chi connectivity index (χ3n) is 0. The fraction of sp³-hybridized carbons (Fsp3) is 0. The van der Waals surface area contributed by atoms with Gasteiger partial charge in [0.15, 0.2) is 0 Å². The fourth-order valence-corrected chi connectivity index (χ4v) is 0. The van der Waals surface area contributed by atoms with Gasteiger partial charge in [0.05, 0.1) is 0 Å². The molecule has 0 saturated heterocycles. The molecule has 0 atom stereocenters. The molecule has 0 radical (unpaired) electrons. The third kappa shape index (κ3) is 31.4. The van der Waals surface area contributed by atoms with E-state index in [9.17, 15) is 0 Å². The molecule has 0 spiro atoms. The van der Waals surface area contributed by atoms with Crippen molar-refractivity contribution in [3.05, 3.63) is 0 Å². The standard InChI is InChI=1S/CHNO.Na.H2.H/c2-1-3;;;/h2H;;1H;. The van der Waals surface area contributed by atoms with Gasteiger partial charge in [-0.1, -0.05) is 0 Å². The zero-order valence-electron chi connectivity index (χ0n) is 1.41. The maximum atomic E-state index is 8.35. The topological polar surface area (TPSA) is 40.9 Å². The molecule has 2 nitrogen and oxygen atoms in total. The van der Waals surface area contributed by atoms with E-state index in [1.165, 1.54) is 0 Å². The van der Waals surface area contributed by atoms with Crippen molar-refractivity contribution in [1.29, 1.82) is 5.41 Å². The number of isocyanates is 1. The molecule has 0 aliphatic rings. The van der Waals surface area contributed by atoms with Crippen molar-refractivity contribution in [1.82, 2.24) is 0 Å². The molecule has 0 aromatic carbocycles. The first-order chi connectivity index (χ1) is 1.41. The predicted octanol–water partition coefficient (Wildman–Crippen LogP) is -0.502. The van der Waals surface area contributed by atoms with Gasteiger partial charge in [0.25, 0.3) is 0 Å². The average Bonchev–Trinajstić information content (AvgIpc) is 0.918. The van der Waals surface area contributed by atoms with Crippen LogP contribution >= 0.6 is 0 Å². The number of nitrogens with one attached hydrogen (secondary N) is 1. The van der Waals surface area contributed by atoms with Gasteiger partial charge < -0.3 is 0 Å². The van der Waals surface area contributed by atoms with Crippen LogP contribution in [0.3, 0.4) is 0 Å². The molecule has 0 aliphatic carbocycles. The molecular weight excluding hydrogens is 65.0 g/mol. The fourth-order valence-electron chi connectivity index (χ4n) is 0. The van der Waals surface area contributed by atoms with Crippen LogP contribution in [0.1, 0.15) is 1.43 Å². The van der Waals surface area contributed by atoms with Crippen LogP contribution in [0.5, 0.6) is 0 Å². The van der Waals surface area contributed by atoms with E-state index >= 15 is 0 Å². The van der Waals surface area contributed by atoms with Crippen molar-refractivity contribution in [3.63, 3.8) is 0 Å². The van der Waals surface area contributed by atoms with Crippen LogP contribution in [-0.4, -0.2) is 35.6 Å². The Hall–Kier alpha value is 0.380. The molecule has 3 heteroatoms. The van der Waals surface area contributed by atoms with Crippen LogP contribution in [0.2, 0.25) is 0 Å². The number of rotatable bonds is 0. The molecule has 0 rings (SSSR count). The Labute approximate surface area is 47.5 Å². The van der Waals surface area contributed by atoms with Crippen LogP contribution < -0.4 is 0 Å². The molecule has 0 aromatic heterocycles. The normalized spacial score (nSPS) is 2.00. The predicted molar refractivity (Wildman–Crippen MR) is 17.7 cm³/mol. The molecular formula is CH4NNaO. The van der Waals surface area contributed by atoms with E-state index in [4.69, 9.17) is 10.2 Å². The second-order valence-electron chi connectivity index (χ2n) is 0.102. The second kappa shape index (κ2) is 10.1. The summed E-state index contributed by atoms with van der Waals surface area (Å²) in [7, 11) is 0. The Kier molecular flexibility index (Phi) is 22.2. The van der Waals surface area contributed by atoms with Crippen LogP contribution in [0.15, 0.2) is 0 Å². The minimum atomic E-state index is 0. The van der Waals surface area contributed by atoms with Gasteiger partial charge in [-0.15, -0.1) is 0 Å². The number of hydrogen-bond acceptors (Lipinski definition) is 2. The molecule has 4 heavy (non-hydrogen) atoms. The first kappa shape index (κ1) is 8.83.